The van der Waals surface area contributed by atoms with E-state index in [0.29, 0.717) is 5.95 Å². The summed E-state index contributed by atoms with van der Waals surface area (Å²) in [7, 11) is 0. The Hall–Kier alpha value is -3.41. The van der Waals surface area contributed by atoms with Crippen molar-refractivity contribution in [1.29, 1.82) is 0 Å². The highest BCUT2D eigenvalue weighted by molar-refractivity contribution is 5.83. The van der Waals surface area contributed by atoms with Gasteiger partial charge in [0.15, 0.2) is 0 Å². The third kappa shape index (κ3) is 4.65. The SMILES string of the molecule is c1ccc(CCCNc2cnnc(NCCc3c[nH]c4ccccc34)n2)cc1. The van der Waals surface area contributed by atoms with Crippen LogP contribution in [-0.2, 0) is 12.8 Å². The van der Waals surface area contributed by atoms with Crippen LogP contribution in [0.4, 0.5) is 11.8 Å². The fourth-order valence-electron chi connectivity index (χ4n) is 3.26. The van der Waals surface area contributed by atoms with Crippen LogP contribution in [0.2, 0.25) is 0 Å². The van der Waals surface area contributed by atoms with Crippen LogP contribution in [0.15, 0.2) is 67.0 Å². The van der Waals surface area contributed by atoms with E-state index in [2.05, 4.69) is 79.5 Å². The van der Waals surface area contributed by atoms with E-state index in [9.17, 15) is 0 Å². The van der Waals surface area contributed by atoms with Gasteiger partial charge in [0.2, 0.25) is 5.95 Å². The normalized spacial score (nSPS) is 10.9. The molecule has 0 saturated carbocycles. The van der Waals surface area contributed by atoms with E-state index < -0.39 is 0 Å². The van der Waals surface area contributed by atoms with Gasteiger partial charge in [-0.1, -0.05) is 48.5 Å². The van der Waals surface area contributed by atoms with E-state index >= 15 is 0 Å². The van der Waals surface area contributed by atoms with E-state index in [1.807, 2.05) is 12.1 Å². The number of benzene rings is 2. The number of rotatable bonds is 9. The lowest BCUT2D eigenvalue weighted by molar-refractivity contribution is 0.851. The predicted octanol–water partition coefficient (Wildman–Crippen LogP) is 4.05. The number of aromatic nitrogens is 4. The summed E-state index contributed by atoms with van der Waals surface area (Å²) in [5.74, 6) is 1.30. The van der Waals surface area contributed by atoms with E-state index in [1.165, 1.54) is 16.5 Å². The predicted molar refractivity (Wildman–Crippen MR) is 114 cm³/mol. The van der Waals surface area contributed by atoms with Gasteiger partial charge < -0.3 is 15.6 Å². The van der Waals surface area contributed by atoms with E-state index in [4.69, 9.17) is 0 Å². The van der Waals surface area contributed by atoms with E-state index in [1.54, 1.807) is 6.20 Å². The van der Waals surface area contributed by atoms with Gasteiger partial charge in [-0.25, -0.2) is 0 Å². The number of aromatic amines is 1. The first kappa shape index (κ1) is 18.0. The van der Waals surface area contributed by atoms with Crippen molar-refractivity contribution in [2.75, 3.05) is 23.7 Å². The van der Waals surface area contributed by atoms with Crippen LogP contribution in [0.5, 0.6) is 0 Å². The maximum absolute atomic E-state index is 4.49. The van der Waals surface area contributed by atoms with Crippen molar-refractivity contribution >= 4 is 22.7 Å². The molecule has 0 unspecified atom stereocenters. The standard InChI is InChI=1S/C22H24N6/c1-2-7-17(8-3-1)9-6-13-23-21-16-26-28-22(27-21)24-14-12-18-15-25-20-11-5-4-10-19(18)20/h1-5,7-8,10-11,15-16,25H,6,9,12-14H2,(H2,23,24,27,28). The third-order valence-corrected chi connectivity index (χ3v) is 4.70. The summed E-state index contributed by atoms with van der Waals surface area (Å²) < 4.78 is 0. The molecule has 142 valence electrons. The highest BCUT2D eigenvalue weighted by atomic mass is 15.3. The molecule has 0 radical (unpaired) electrons. The summed E-state index contributed by atoms with van der Waals surface area (Å²) in [5, 5.41) is 16.0. The minimum atomic E-state index is 0.549. The van der Waals surface area contributed by atoms with Crippen molar-refractivity contribution in [2.24, 2.45) is 0 Å². The molecule has 0 aliphatic carbocycles. The number of nitrogens with zero attached hydrogens (tertiary/aromatic N) is 3. The van der Waals surface area contributed by atoms with Crippen LogP contribution in [0.1, 0.15) is 17.5 Å². The van der Waals surface area contributed by atoms with Gasteiger partial charge in [0, 0.05) is 30.2 Å². The van der Waals surface area contributed by atoms with Gasteiger partial charge >= 0.3 is 0 Å². The first-order chi connectivity index (χ1) is 13.9. The molecule has 3 N–H and O–H groups in total. The molecule has 2 aromatic carbocycles. The first-order valence-electron chi connectivity index (χ1n) is 9.65. The molecule has 0 amide bonds. The molecule has 4 aromatic rings. The molecule has 6 nitrogen and oxygen atoms in total. The highest BCUT2D eigenvalue weighted by Gasteiger charge is 2.04. The van der Waals surface area contributed by atoms with Crippen molar-refractivity contribution in [3.8, 4) is 0 Å². The smallest absolute Gasteiger partial charge is 0.244 e. The lowest BCUT2D eigenvalue weighted by Crippen LogP contribution is -2.11. The molecule has 0 fully saturated rings. The second-order valence-electron chi connectivity index (χ2n) is 6.72. The van der Waals surface area contributed by atoms with Crippen LogP contribution in [-0.4, -0.2) is 33.3 Å². The zero-order valence-electron chi connectivity index (χ0n) is 15.7. The van der Waals surface area contributed by atoms with Crippen LogP contribution >= 0.6 is 0 Å². The topological polar surface area (TPSA) is 78.5 Å². The van der Waals surface area contributed by atoms with Gasteiger partial charge in [0.05, 0.1) is 6.20 Å². The minimum Gasteiger partial charge on any atom is -0.369 e. The molecule has 28 heavy (non-hydrogen) atoms. The minimum absolute atomic E-state index is 0.549. The molecule has 6 heteroatoms. The number of para-hydroxylation sites is 1. The Morgan fingerprint density at radius 2 is 1.71 bits per heavy atom. The second-order valence-corrected chi connectivity index (χ2v) is 6.72. The summed E-state index contributed by atoms with van der Waals surface area (Å²) in [4.78, 5) is 7.80. The number of aryl methyl sites for hydroxylation is 1. The maximum Gasteiger partial charge on any atom is 0.244 e. The van der Waals surface area contributed by atoms with Crippen LogP contribution in [0.3, 0.4) is 0 Å². The number of nitrogens with one attached hydrogen (secondary N) is 3. The molecule has 0 atom stereocenters. The second kappa shape index (κ2) is 8.99. The Morgan fingerprint density at radius 3 is 2.64 bits per heavy atom. The van der Waals surface area contributed by atoms with Gasteiger partial charge in [-0.15, -0.1) is 5.10 Å². The van der Waals surface area contributed by atoms with Crippen molar-refractivity contribution in [2.45, 2.75) is 19.3 Å². The van der Waals surface area contributed by atoms with Gasteiger partial charge in [-0.2, -0.15) is 10.1 Å². The van der Waals surface area contributed by atoms with E-state index in [0.717, 1.165) is 43.7 Å². The first-order valence-corrected chi connectivity index (χ1v) is 9.65. The van der Waals surface area contributed by atoms with Crippen molar-refractivity contribution in [3.63, 3.8) is 0 Å². The van der Waals surface area contributed by atoms with Gasteiger partial charge in [-0.05, 0) is 36.5 Å². The summed E-state index contributed by atoms with van der Waals surface area (Å²) in [6, 6.07) is 18.8. The summed E-state index contributed by atoms with van der Waals surface area (Å²) in [5.41, 5.74) is 3.80. The van der Waals surface area contributed by atoms with Crippen molar-refractivity contribution < 1.29 is 0 Å². The number of hydrogen-bond donors (Lipinski definition) is 3. The number of fused-ring (bicyclic) bond motifs is 1. The zero-order valence-corrected chi connectivity index (χ0v) is 15.7. The largest absolute Gasteiger partial charge is 0.369 e. The zero-order chi connectivity index (χ0) is 19.0. The molecule has 0 aliphatic rings. The third-order valence-electron chi connectivity index (χ3n) is 4.70. The average Bonchev–Trinajstić information content (AvgIpc) is 3.16. The number of anilines is 2. The lowest BCUT2D eigenvalue weighted by atomic mass is 10.1. The summed E-state index contributed by atoms with van der Waals surface area (Å²) in [6.07, 6.45) is 6.70. The van der Waals surface area contributed by atoms with E-state index in [-0.39, 0.29) is 0 Å². The fraction of sp³-hybridized carbons (Fsp3) is 0.227. The molecule has 0 saturated heterocycles. The fourth-order valence-corrected chi connectivity index (χ4v) is 3.26. The molecule has 2 aromatic heterocycles. The van der Waals surface area contributed by atoms with Gasteiger partial charge in [0.1, 0.15) is 5.82 Å². The molecular formula is C22H24N6. The molecule has 0 spiro atoms. The number of H-pyrrole nitrogens is 1. The summed E-state index contributed by atoms with van der Waals surface area (Å²) >= 11 is 0. The van der Waals surface area contributed by atoms with Crippen LogP contribution in [0, 0.1) is 0 Å². The Morgan fingerprint density at radius 1 is 0.857 bits per heavy atom. The molecular weight excluding hydrogens is 348 g/mol. The quantitative estimate of drug-likeness (QED) is 0.386. The van der Waals surface area contributed by atoms with Crippen molar-refractivity contribution in [3.05, 3.63) is 78.1 Å². The monoisotopic (exact) mass is 372 g/mol. The van der Waals surface area contributed by atoms with Crippen molar-refractivity contribution in [1.82, 2.24) is 20.2 Å². The molecule has 2 heterocycles. The molecule has 0 bridgehead atoms. The number of hydrogen-bond acceptors (Lipinski definition) is 5. The van der Waals surface area contributed by atoms with Crippen LogP contribution in [0.25, 0.3) is 10.9 Å². The molecule has 4 rings (SSSR count). The van der Waals surface area contributed by atoms with Crippen LogP contribution < -0.4 is 10.6 Å². The lowest BCUT2D eigenvalue weighted by Gasteiger charge is -2.08. The average molecular weight is 372 g/mol. The Bertz CT molecular complexity index is 1010. The summed E-state index contributed by atoms with van der Waals surface area (Å²) in [6.45, 7) is 1.60. The van der Waals surface area contributed by atoms with Gasteiger partial charge in [0.25, 0.3) is 0 Å². The Balaban J connectivity index is 1.24. The highest BCUT2D eigenvalue weighted by Crippen LogP contribution is 2.18. The Labute approximate surface area is 164 Å². The van der Waals surface area contributed by atoms with Gasteiger partial charge in [-0.3, -0.25) is 0 Å². The molecule has 0 aliphatic heterocycles. The maximum atomic E-state index is 4.49. The Kier molecular flexibility index (Phi) is 5.77.